The van der Waals surface area contributed by atoms with Gasteiger partial charge >= 0.3 is 11.7 Å². The van der Waals surface area contributed by atoms with Crippen LogP contribution in [0.5, 0.6) is 5.75 Å². The lowest BCUT2D eigenvalue weighted by molar-refractivity contribution is 0.0626. The monoisotopic (exact) mass is 455 g/mol. The van der Waals surface area contributed by atoms with Crippen LogP contribution >= 0.6 is 11.6 Å². The number of piperazine rings is 1. The van der Waals surface area contributed by atoms with Crippen molar-refractivity contribution >= 4 is 27.7 Å². The number of rotatable bonds is 5. The molecule has 2 heterocycles. The van der Waals surface area contributed by atoms with Gasteiger partial charge in [0.2, 0.25) is 0 Å². The molecule has 0 aliphatic carbocycles. The number of nitrogens with zero attached hydrogens (tertiary/aromatic N) is 3. The zero-order valence-corrected chi connectivity index (χ0v) is 17.8. The summed E-state index contributed by atoms with van der Waals surface area (Å²) < 4.78 is 26.0. The molecule has 1 saturated heterocycles. The molecular formula is C19H22ClN3O6S. The molecule has 3 rings (SSSR count). The SMILES string of the molecule is CCC1CN(Cc2ccn(S(=O)(=O)c3ccc(Cl)cc3)c(=O)c2O)CCN1C(=O)O. The van der Waals surface area contributed by atoms with Gasteiger partial charge in [-0.3, -0.25) is 9.69 Å². The fourth-order valence-electron chi connectivity index (χ4n) is 3.49. The lowest BCUT2D eigenvalue weighted by Gasteiger charge is -2.39. The molecule has 1 fully saturated rings. The van der Waals surface area contributed by atoms with E-state index in [2.05, 4.69) is 0 Å². The second-order valence-electron chi connectivity index (χ2n) is 7.02. The van der Waals surface area contributed by atoms with Crippen LogP contribution in [0.15, 0.2) is 46.2 Å². The number of amides is 1. The van der Waals surface area contributed by atoms with Crippen molar-refractivity contribution < 1.29 is 23.4 Å². The van der Waals surface area contributed by atoms with Crippen molar-refractivity contribution in [3.63, 3.8) is 0 Å². The fourth-order valence-corrected chi connectivity index (χ4v) is 4.85. The van der Waals surface area contributed by atoms with Crippen molar-refractivity contribution in [2.75, 3.05) is 19.6 Å². The Hall–Kier alpha value is -2.56. The quantitative estimate of drug-likeness (QED) is 0.707. The highest BCUT2D eigenvalue weighted by atomic mass is 35.5. The molecule has 30 heavy (non-hydrogen) atoms. The molecule has 1 aromatic carbocycles. The average molecular weight is 456 g/mol. The Bertz CT molecular complexity index is 1100. The molecule has 11 heteroatoms. The lowest BCUT2D eigenvalue weighted by atomic mass is 10.1. The van der Waals surface area contributed by atoms with E-state index in [0.717, 1.165) is 6.20 Å². The van der Waals surface area contributed by atoms with Crippen molar-refractivity contribution in [1.82, 2.24) is 13.8 Å². The normalized spacial score (nSPS) is 17.8. The van der Waals surface area contributed by atoms with E-state index >= 15 is 0 Å². The van der Waals surface area contributed by atoms with Crippen LogP contribution in [0.2, 0.25) is 5.02 Å². The largest absolute Gasteiger partial charge is 0.503 e. The van der Waals surface area contributed by atoms with Gasteiger partial charge in [0, 0.05) is 49.0 Å². The molecule has 0 radical (unpaired) electrons. The predicted molar refractivity (Wildman–Crippen MR) is 110 cm³/mol. The topological polar surface area (TPSA) is 120 Å². The Morgan fingerprint density at radius 3 is 2.47 bits per heavy atom. The molecule has 1 atom stereocenters. The van der Waals surface area contributed by atoms with E-state index in [-0.39, 0.29) is 23.0 Å². The number of aromatic hydroxyl groups is 1. The van der Waals surface area contributed by atoms with Crippen molar-refractivity contribution in [2.24, 2.45) is 0 Å². The van der Waals surface area contributed by atoms with Gasteiger partial charge in [0.05, 0.1) is 4.90 Å². The van der Waals surface area contributed by atoms with Gasteiger partial charge in [-0.2, -0.15) is 0 Å². The first kappa shape index (κ1) is 22.1. The highest BCUT2D eigenvalue weighted by Crippen LogP contribution is 2.21. The Morgan fingerprint density at radius 2 is 1.87 bits per heavy atom. The van der Waals surface area contributed by atoms with E-state index in [0.29, 0.717) is 35.1 Å². The van der Waals surface area contributed by atoms with Crippen LogP contribution in [-0.2, 0) is 16.6 Å². The van der Waals surface area contributed by atoms with E-state index in [1.54, 1.807) is 0 Å². The van der Waals surface area contributed by atoms with E-state index in [1.165, 1.54) is 35.2 Å². The number of hydrogen-bond donors (Lipinski definition) is 2. The minimum absolute atomic E-state index is 0.128. The third-order valence-corrected chi connectivity index (χ3v) is 7.09. The van der Waals surface area contributed by atoms with Gasteiger partial charge < -0.3 is 15.1 Å². The molecule has 0 spiro atoms. The number of pyridine rings is 1. The molecule has 0 bridgehead atoms. The zero-order chi connectivity index (χ0) is 22.1. The predicted octanol–water partition coefficient (Wildman–Crippen LogP) is 2.02. The van der Waals surface area contributed by atoms with E-state index in [1.807, 2.05) is 11.8 Å². The summed E-state index contributed by atoms with van der Waals surface area (Å²) in [6.45, 7) is 3.30. The van der Waals surface area contributed by atoms with Crippen LogP contribution in [0.3, 0.4) is 0 Å². The number of halogens is 1. The van der Waals surface area contributed by atoms with Crippen LogP contribution in [0.1, 0.15) is 18.9 Å². The Labute approximate surface area is 178 Å². The van der Waals surface area contributed by atoms with Gasteiger partial charge in [0.1, 0.15) is 0 Å². The maximum atomic E-state index is 12.7. The van der Waals surface area contributed by atoms with Crippen molar-refractivity contribution in [3.8, 4) is 5.75 Å². The summed E-state index contributed by atoms with van der Waals surface area (Å²) >= 11 is 5.78. The minimum Gasteiger partial charge on any atom is -0.503 e. The van der Waals surface area contributed by atoms with Crippen LogP contribution in [0, 0.1) is 0 Å². The number of carbonyl (C=O) groups is 1. The fraction of sp³-hybridized carbons (Fsp3) is 0.368. The van der Waals surface area contributed by atoms with Gasteiger partial charge in [-0.1, -0.05) is 18.5 Å². The second kappa shape index (κ2) is 8.66. The number of carboxylic acid groups (broad SMARTS) is 1. The first-order valence-electron chi connectivity index (χ1n) is 9.31. The Balaban J connectivity index is 1.84. The van der Waals surface area contributed by atoms with Crippen molar-refractivity contribution in [2.45, 2.75) is 30.8 Å². The van der Waals surface area contributed by atoms with Crippen LogP contribution in [0.4, 0.5) is 4.79 Å². The smallest absolute Gasteiger partial charge is 0.407 e. The van der Waals surface area contributed by atoms with Gasteiger partial charge in [0.15, 0.2) is 5.75 Å². The van der Waals surface area contributed by atoms with Gasteiger partial charge in [-0.05, 0) is 36.8 Å². The number of hydrogen-bond acceptors (Lipinski definition) is 6. The molecule has 2 N–H and O–H groups in total. The summed E-state index contributed by atoms with van der Waals surface area (Å²) in [5, 5.41) is 20.0. The van der Waals surface area contributed by atoms with Gasteiger partial charge in [0.25, 0.3) is 10.0 Å². The zero-order valence-electron chi connectivity index (χ0n) is 16.2. The van der Waals surface area contributed by atoms with E-state index in [4.69, 9.17) is 11.6 Å². The van der Waals surface area contributed by atoms with Crippen LogP contribution < -0.4 is 5.56 Å². The standard InChI is InChI=1S/C19H22ClN3O6S/c1-2-15-12-21(9-10-22(15)19(26)27)11-13-7-8-23(18(25)17(13)24)30(28,29)16-5-3-14(20)4-6-16/h3-8,15,24H,2,9-12H2,1H3,(H,26,27). The van der Waals surface area contributed by atoms with Crippen LogP contribution in [-0.4, -0.2) is 64.2 Å². The molecular weight excluding hydrogens is 434 g/mol. The molecule has 1 aliphatic heterocycles. The third-order valence-electron chi connectivity index (χ3n) is 5.17. The summed E-state index contributed by atoms with van der Waals surface area (Å²) in [7, 11) is -4.19. The highest BCUT2D eigenvalue weighted by molar-refractivity contribution is 7.90. The molecule has 2 aromatic rings. The highest BCUT2D eigenvalue weighted by Gasteiger charge is 2.30. The second-order valence-corrected chi connectivity index (χ2v) is 9.27. The van der Waals surface area contributed by atoms with Crippen molar-refractivity contribution in [1.29, 1.82) is 0 Å². The molecule has 1 amide bonds. The molecule has 1 unspecified atom stereocenters. The summed E-state index contributed by atoms with van der Waals surface area (Å²) in [5.74, 6) is -0.649. The van der Waals surface area contributed by atoms with E-state index < -0.39 is 27.4 Å². The first-order chi connectivity index (χ1) is 14.1. The molecule has 1 aromatic heterocycles. The molecule has 9 nitrogen and oxygen atoms in total. The van der Waals surface area contributed by atoms with E-state index in [9.17, 15) is 28.2 Å². The maximum absolute atomic E-state index is 12.7. The van der Waals surface area contributed by atoms with Gasteiger partial charge in [-0.25, -0.2) is 17.2 Å². The summed E-state index contributed by atoms with van der Waals surface area (Å²) in [6, 6.07) is 6.55. The first-order valence-corrected chi connectivity index (χ1v) is 11.1. The lowest BCUT2D eigenvalue weighted by Crippen LogP contribution is -2.54. The maximum Gasteiger partial charge on any atom is 0.407 e. The third kappa shape index (κ3) is 4.30. The number of benzene rings is 1. The summed E-state index contributed by atoms with van der Waals surface area (Å²) in [6.07, 6.45) is 0.779. The summed E-state index contributed by atoms with van der Waals surface area (Å²) in [4.78, 5) is 27.1. The van der Waals surface area contributed by atoms with Crippen molar-refractivity contribution in [3.05, 3.63) is 57.5 Å². The summed E-state index contributed by atoms with van der Waals surface area (Å²) in [5.41, 5.74) is -0.764. The Kier molecular flexibility index (Phi) is 6.39. The number of aromatic nitrogens is 1. The van der Waals surface area contributed by atoms with Gasteiger partial charge in [-0.15, -0.1) is 0 Å². The minimum atomic E-state index is -4.19. The van der Waals surface area contributed by atoms with Crippen LogP contribution in [0.25, 0.3) is 0 Å². The molecule has 1 aliphatic rings. The average Bonchev–Trinajstić information content (AvgIpc) is 2.71. The molecule has 162 valence electrons. The Morgan fingerprint density at radius 1 is 1.20 bits per heavy atom. The molecule has 0 saturated carbocycles.